The van der Waals surface area contributed by atoms with E-state index in [2.05, 4.69) is 15.3 Å². The van der Waals surface area contributed by atoms with Gasteiger partial charge in [-0.25, -0.2) is 9.97 Å². The topological polar surface area (TPSA) is 95.4 Å². The highest BCUT2D eigenvalue weighted by Gasteiger charge is 2.41. The molecule has 1 aromatic heterocycles. The zero-order chi connectivity index (χ0) is 18.7. The van der Waals surface area contributed by atoms with E-state index in [9.17, 15) is 14.7 Å². The van der Waals surface area contributed by atoms with Gasteiger partial charge in [0.05, 0.1) is 11.5 Å². The van der Waals surface area contributed by atoms with Crippen molar-refractivity contribution in [2.45, 2.75) is 19.8 Å². The van der Waals surface area contributed by atoms with Crippen LogP contribution in [-0.2, 0) is 4.79 Å². The van der Waals surface area contributed by atoms with Crippen molar-refractivity contribution >= 4 is 17.8 Å². The molecule has 7 nitrogen and oxygen atoms in total. The highest BCUT2D eigenvalue weighted by molar-refractivity contribution is 5.94. The van der Waals surface area contributed by atoms with Crippen LogP contribution in [0, 0.1) is 12.8 Å². The normalized spacial score (nSPS) is 19.4. The van der Waals surface area contributed by atoms with Crippen molar-refractivity contribution in [1.82, 2.24) is 14.9 Å². The number of amides is 1. The number of hydrogen-bond acceptors (Lipinski definition) is 5. The predicted octanol–water partition coefficient (Wildman–Crippen LogP) is 2.16. The Balaban J connectivity index is 1.82. The van der Waals surface area contributed by atoms with Crippen LogP contribution < -0.4 is 5.32 Å². The third kappa shape index (κ3) is 3.51. The third-order valence-corrected chi connectivity index (χ3v) is 4.75. The van der Waals surface area contributed by atoms with Gasteiger partial charge < -0.3 is 15.3 Å². The molecule has 26 heavy (non-hydrogen) atoms. The summed E-state index contributed by atoms with van der Waals surface area (Å²) < 4.78 is 0. The zero-order valence-corrected chi connectivity index (χ0v) is 14.8. The summed E-state index contributed by atoms with van der Waals surface area (Å²) in [5, 5.41) is 12.6. The van der Waals surface area contributed by atoms with Gasteiger partial charge in [0.25, 0.3) is 5.91 Å². The summed E-state index contributed by atoms with van der Waals surface area (Å²) in [6.45, 7) is 5.14. The zero-order valence-electron chi connectivity index (χ0n) is 14.8. The SMILES string of the molecule is CCNc1ncc(C(=O)N2C[C@@H](C(=O)O)[C@H](c3ccccc3C)C2)cn1. The van der Waals surface area contributed by atoms with Gasteiger partial charge in [-0.2, -0.15) is 0 Å². The number of carboxylic acids is 1. The van der Waals surface area contributed by atoms with Crippen LogP contribution in [0.25, 0.3) is 0 Å². The van der Waals surface area contributed by atoms with Gasteiger partial charge in [-0.15, -0.1) is 0 Å². The predicted molar refractivity (Wildman–Crippen MR) is 97.1 cm³/mol. The van der Waals surface area contributed by atoms with Crippen LogP contribution in [0.4, 0.5) is 5.95 Å². The minimum Gasteiger partial charge on any atom is -0.481 e. The van der Waals surface area contributed by atoms with Gasteiger partial charge in [0.1, 0.15) is 0 Å². The van der Waals surface area contributed by atoms with E-state index in [-0.39, 0.29) is 18.4 Å². The van der Waals surface area contributed by atoms with Crippen LogP contribution in [0.2, 0.25) is 0 Å². The molecular formula is C19H22N4O3. The van der Waals surface area contributed by atoms with E-state index in [4.69, 9.17) is 0 Å². The van der Waals surface area contributed by atoms with E-state index in [1.54, 1.807) is 4.90 Å². The standard InChI is InChI=1S/C19H22N4O3/c1-3-20-19-21-8-13(9-22-19)17(24)23-10-15(16(11-23)18(25)26)14-7-5-4-6-12(14)2/h4-9,15-16H,3,10-11H2,1-2H3,(H,25,26)(H,20,21,22)/t15-,16+/m0/s1. The maximum Gasteiger partial charge on any atom is 0.308 e. The Morgan fingerprint density at radius 3 is 2.54 bits per heavy atom. The third-order valence-electron chi connectivity index (χ3n) is 4.75. The second-order valence-corrected chi connectivity index (χ2v) is 6.44. The molecule has 0 spiro atoms. The lowest BCUT2D eigenvalue weighted by molar-refractivity contribution is -0.141. The number of rotatable bonds is 5. The first-order valence-corrected chi connectivity index (χ1v) is 8.64. The molecule has 0 saturated carbocycles. The molecular weight excluding hydrogens is 332 g/mol. The fourth-order valence-corrected chi connectivity index (χ4v) is 3.41. The van der Waals surface area contributed by atoms with E-state index >= 15 is 0 Å². The molecule has 136 valence electrons. The van der Waals surface area contributed by atoms with E-state index in [1.165, 1.54) is 12.4 Å². The minimum atomic E-state index is -0.882. The summed E-state index contributed by atoms with van der Waals surface area (Å²) in [5.41, 5.74) is 2.38. The van der Waals surface area contributed by atoms with Crippen molar-refractivity contribution in [2.75, 3.05) is 25.0 Å². The maximum atomic E-state index is 12.8. The van der Waals surface area contributed by atoms with Crippen molar-refractivity contribution in [3.8, 4) is 0 Å². The number of aromatic nitrogens is 2. The number of likely N-dealkylation sites (tertiary alicyclic amines) is 1. The largest absolute Gasteiger partial charge is 0.481 e. The molecule has 2 aromatic rings. The summed E-state index contributed by atoms with van der Waals surface area (Å²) in [5.74, 6) is -1.50. The van der Waals surface area contributed by atoms with Gasteiger partial charge in [0.2, 0.25) is 5.95 Å². The number of aliphatic carboxylic acids is 1. The van der Waals surface area contributed by atoms with Crippen molar-refractivity contribution in [3.63, 3.8) is 0 Å². The van der Waals surface area contributed by atoms with Crippen molar-refractivity contribution < 1.29 is 14.7 Å². The molecule has 0 aliphatic carbocycles. The van der Waals surface area contributed by atoms with Crippen LogP contribution in [0.3, 0.4) is 0 Å². The van der Waals surface area contributed by atoms with Crippen LogP contribution in [-0.4, -0.2) is 51.5 Å². The monoisotopic (exact) mass is 354 g/mol. The molecule has 0 radical (unpaired) electrons. The molecule has 2 N–H and O–H groups in total. The van der Waals surface area contributed by atoms with Gasteiger partial charge in [-0.05, 0) is 25.0 Å². The lowest BCUT2D eigenvalue weighted by Crippen LogP contribution is -2.30. The van der Waals surface area contributed by atoms with E-state index in [0.29, 0.717) is 24.6 Å². The smallest absolute Gasteiger partial charge is 0.308 e. The van der Waals surface area contributed by atoms with E-state index in [1.807, 2.05) is 38.1 Å². The summed E-state index contributed by atoms with van der Waals surface area (Å²) in [6.07, 6.45) is 2.95. The maximum absolute atomic E-state index is 12.8. The molecule has 1 fully saturated rings. The molecule has 0 unspecified atom stereocenters. The molecule has 2 heterocycles. The number of benzene rings is 1. The number of carbonyl (C=O) groups excluding carboxylic acids is 1. The Hall–Kier alpha value is -2.96. The molecule has 1 aliphatic rings. The van der Waals surface area contributed by atoms with Crippen LogP contribution >= 0.6 is 0 Å². The van der Waals surface area contributed by atoms with Crippen molar-refractivity contribution in [1.29, 1.82) is 0 Å². The first kappa shape index (κ1) is 17.8. The Morgan fingerprint density at radius 1 is 1.23 bits per heavy atom. The molecule has 1 amide bonds. The first-order valence-electron chi connectivity index (χ1n) is 8.64. The summed E-state index contributed by atoms with van der Waals surface area (Å²) >= 11 is 0. The number of nitrogens with zero attached hydrogens (tertiary/aromatic N) is 3. The quantitative estimate of drug-likeness (QED) is 0.854. The molecule has 1 aliphatic heterocycles. The fourth-order valence-electron chi connectivity index (χ4n) is 3.41. The molecule has 1 aromatic carbocycles. The van der Waals surface area contributed by atoms with Crippen molar-refractivity contribution in [2.24, 2.45) is 5.92 Å². The second kappa shape index (κ2) is 7.51. The van der Waals surface area contributed by atoms with Crippen LogP contribution in [0.5, 0.6) is 0 Å². The van der Waals surface area contributed by atoms with E-state index < -0.39 is 11.9 Å². The van der Waals surface area contributed by atoms with Gasteiger partial charge in [-0.3, -0.25) is 9.59 Å². The van der Waals surface area contributed by atoms with Crippen LogP contribution in [0.1, 0.15) is 34.3 Å². The molecule has 1 saturated heterocycles. The lowest BCUT2D eigenvalue weighted by Gasteiger charge is -2.18. The number of anilines is 1. The van der Waals surface area contributed by atoms with Gasteiger partial charge in [0, 0.05) is 37.9 Å². The number of carboxylic acid groups (broad SMARTS) is 1. The number of hydrogen-bond donors (Lipinski definition) is 2. The van der Waals surface area contributed by atoms with Gasteiger partial charge >= 0.3 is 5.97 Å². The highest BCUT2D eigenvalue weighted by Crippen LogP contribution is 2.35. The number of aryl methyl sites for hydroxylation is 1. The van der Waals surface area contributed by atoms with E-state index in [0.717, 1.165) is 11.1 Å². The Kier molecular flexibility index (Phi) is 5.16. The Labute approximate surface area is 152 Å². The Bertz CT molecular complexity index is 807. The van der Waals surface area contributed by atoms with Gasteiger partial charge in [0.15, 0.2) is 0 Å². The highest BCUT2D eigenvalue weighted by atomic mass is 16.4. The van der Waals surface area contributed by atoms with Crippen LogP contribution in [0.15, 0.2) is 36.7 Å². The molecule has 7 heteroatoms. The number of nitrogens with one attached hydrogen (secondary N) is 1. The fraction of sp³-hybridized carbons (Fsp3) is 0.368. The molecule has 3 rings (SSSR count). The molecule has 2 atom stereocenters. The van der Waals surface area contributed by atoms with Gasteiger partial charge in [-0.1, -0.05) is 24.3 Å². The summed E-state index contributed by atoms with van der Waals surface area (Å²) in [4.78, 5) is 34.4. The lowest BCUT2D eigenvalue weighted by atomic mass is 9.86. The average molecular weight is 354 g/mol. The number of carbonyl (C=O) groups is 2. The Morgan fingerprint density at radius 2 is 1.92 bits per heavy atom. The average Bonchev–Trinajstić information content (AvgIpc) is 3.08. The summed E-state index contributed by atoms with van der Waals surface area (Å²) in [6, 6.07) is 7.74. The minimum absolute atomic E-state index is 0.183. The molecule has 0 bridgehead atoms. The van der Waals surface area contributed by atoms with Crippen molar-refractivity contribution in [3.05, 3.63) is 53.3 Å². The first-order chi connectivity index (χ1) is 12.5. The second-order valence-electron chi connectivity index (χ2n) is 6.44. The summed E-state index contributed by atoms with van der Waals surface area (Å²) in [7, 11) is 0.